The van der Waals surface area contributed by atoms with E-state index in [4.69, 9.17) is 0 Å². The highest BCUT2D eigenvalue weighted by molar-refractivity contribution is 5.79. The van der Waals surface area contributed by atoms with Crippen molar-refractivity contribution in [3.05, 3.63) is 35.4 Å². The van der Waals surface area contributed by atoms with Crippen LogP contribution in [0.1, 0.15) is 50.7 Å². The molecule has 0 bridgehead atoms. The molecule has 3 rings (SSSR count). The minimum Gasteiger partial charge on any atom is -0.342 e. The van der Waals surface area contributed by atoms with Crippen LogP contribution in [0.3, 0.4) is 0 Å². The van der Waals surface area contributed by atoms with Crippen LogP contribution in [0.4, 0.5) is 0 Å². The summed E-state index contributed by atoms with van der Waals surface area (Å²) in [6, 6.07) is 8.99. The van der Waals surface area contributed by atoms with Crippen molar-refractivity contribution in [2.75, 3.05) is 26.2 Å². The molecule has 1 atom stereocenters. The molecular weight excluding hydrogens is 296 g/mol. The number of carbonyl (C=O) groups excluding carboxylic acids is 1. The van der Waals surface area contributed by atoms with Gasteiger partial charge in [0.15, 0.2) is 0 Å². The topological polar surface area (TPSA) is 23.6 Å². The summed E-state index contributed by atoms with van der Waals surface area (Å²) in [5, 5.41) is 0. The maximum atomic E-state index is 12.7. The molecule has 2 saturated heterocycles. The summed E-state index contributed by atoms with van der Waals surface area (Å²) in [7, 11) is 0. The first kappa shape index (κ1) is 17.5. The maximum absolute atomic E-state index is 12.7. The SMILES string of the molecule is CCc1ccc(CN2CCC(C(=O)N3CCCC(C)C3)CC2)cc1. The number of piperidine rings is 2. The van der Waals surface area contributed by atoms with Crippen molar-refractivity contribution in [2.24, 2.45) is 11.8 Å². The maximum Gasteiger partial charge on any atom is 0.225 e. The number of aryl methyl sites for hydroxylation is 1. The Morgan fingerprint density at radius 3 is 2.33 bits per heavy atom. The molecule has 0 aliphatic carbocycles. The predicted molar refractivity (Wildman–Crippen MR) is 98.8 cm³/mol. The minimum atomic E-state index is 0.258. The summed E-state index contributed by atoms with van der Waals surface area (Å²) in [5.74, 6) is 1.36. The Hall–Kier alpha value is -1.35. The second-order valence-electron chi connectivity index (χ2n) is 7.75. The number of hydrogen-bond acceptors (Lipinski definition) is 2. The van der Waals surface area contributed by atoms with Crippen molar-refractivity contribution in [3.8, 4) is 0 Å². The molecule has 3 nitrogen and oxygen atoms in total. The highest BCUT2D eigenvalue weighted by Gasteiger charge is 2.30. The zero-order valence-electron chi connectivity index (χ0n) is 15.3. The van der Waals surface area contributed by atoms with Gasteiger partial charge in [0.05, 0.1) is 0 Å². The number of nitrogens with zero attached hydrogens (tertiary/aromatic N) is 2. The van der Waals surface area contributed by atoms with Crippen LogP contribution < -0.4 is 0 Å². The van der Waals surface area contributed by atoms with Gasteiger partial charge >= 0.3 is 0 Å². The van der Waals surface area contributed by atoms with Crippen molar-refractivity contribution < 1.29 is 4.79 Å². The first-order valence-electron chi connectivity index (χ1n) is 9.74. The molecular formula is C21H32N2O. The molecule has 1 aromatic carbocycles. The third-order valence-electron chi connectivity index (χ3n) is 5.74. The van der Waals surface area contributed by atoms with Crippen LogP contribution in [0.15, 0.2) is 24.3 Å². The number of rotatable bonds is 4. The van der Waals surface area contributed by atoms with E-state index in [1.54, 1.807) is 0 Å². The van der Waals surface area contributed by atoms with E-state index in [2.05, 4.69) is 47.9 Å². The molecule has 24 heavy (non-hydrogen) atoms. The van der Waals surface area contributed by atoms with E-state index in [1.165, 1.54) is 24.0 Å². The van der Waals surface area contributed by atoms with Gasteiger partial charge in [0.1, 0.15) is 0 Å². The van der Waals surface area contributed by atoms with Gasteiger partial charge in [-0.3, -0.25) is 9.69 Å². The van der Waals surface area contributed by atoms with Gasteiger partial charge in [-0.15, -0.1) is 0 Å². The molecule has 2 aliphatic rings. The fourth-order valence-corrected chi connectivity index (χ4v) is 4.12. The van der Waals surface area contributed by atoms with Crippen LogP contribution in [0, 0.1) is 11.8 Å². The molecule has 0 spiro atoms. The Morgan fingerprint density at radius 2 is 1.71 bits per heavy atom. The number of likely N-dealkylation sites (tertiary alicyclic amines) is 2. The van der Waals surface area contributed by atoms with Crippen molar-refractivity contribution in [1.29, 1.82) is 0 Å². The molecule has 132 valence electrons. The third-order valence-corrected chi connectivity index (χ3v) is 5.74. The molecule has 0 N–H and O–H groups in total. The summed E-state index contributed by atoms with van der Waals surface area (Å²) < 4.78 is 0. The first-order valence-corrected chi connectivity index (χ1v) is 9.74. The summed E-state index contributed by atoms with van der Waals surface area (Å²) in [6.07, 6.45) is 5.61. The van der Waals surface area contributed by atoms with Gasteiger partial charge in [0.2, 0.25) is 5.91 Å². The average Bonchev–Trinajstić information content (AvgIpc) is 2.62. The smallest absolute Gasteiger partial charge is 0.225 e. The van der Waals surface area contributed by atoms with Crippen molar-refractivity contribution in [2.45, 2.75) is 52.5 Å². The standard InChI is InChI=1S/C21H32N2O/c1-3-18-6-8-19(9-7-18)16-22-13-10-20(11-14-22)21(24)23-12-4-5-17(2)15-23/h6-9,17,20H,3-5,10-16H2,1-2H3. The van der Waals surface area contributed by atoms with Crippen LogP contribution in [0.2, 0.25) is 0 Å². The van der Waals surface area contributed by atoms with E-state index in [0.717, 1.165) is 52.0 Å². The van der Waals surface area contributed by atoms with Crippen molar-refractivity contribution in [3.63, 3.8) is 0 Å². The molecule has 1 aromatic rings. The van der Waals surface area contributed by atoms with Gasteiger partial charge in [-0.25, -0.2) is 0 Å². The number of amides is 1. The Bertz CT molecular complexity index is 531. The van der Waals surface area contributed by atoms with Crippen LogP contribution in [0.25, 0.3) is 0 Å². The third kappa shape index (κ3) is 4.38. The molecule has 2 fully saturated rings. The fraction of sp³-hybridized carbons (Fsp3) is 0.667. The van der Waals surface area contributed by atoms with E-state index in [0.29, 0.717) is 11.8 Å². The molecule has 0 saturated carbocycles. The largest absolute Gasteiger partial charge is 0.342 e. The van der Waals surface area contributed by atoms with E-state index < -0.39 is 0 Å². The Morgan fingerprint density at radius 1 is 1.04 bits per heavy atom. The zero-order valence-corrected chi connectivity index (χ0v) is 15.3. The highest BCUT2D eigenvalue weighted by Crippen LogP contribution is 2.24. The Kier molecular flexibility index (Phi) is 5.94. The van der Waals surface area contributed by atoms with E-state index in [9.17, 15) is 4.79 Å². The molecule has 2 aliphatic heterocycles. The lowest BCUT2D eigenvalue weighted by Crippen LogP contribution is -2.45. The van der Waals surface area contributed by atoms with E-state index >= 15 is 0 Å². The summed E-state index contributed by atoms with van der Waals surface area (Å²) in [4.78, 5) is 17.4. The van der Waals surface area contributed by atoms with E-state index in [1.807, 2.05) is 0 Å². The lowest BCUT2D eigenvalue weighted by atomic mass is 9.92. The van der Waals surface area contributed by atoms with Crippen molar-refractivity contribution >= 4 is 5.91 Å². The van der Waals surface area contributed by atoms with Crippen LogP contribution in [-0.4, -0.2) is 41.9 Å². The van der Waals surface area contributed by atoms with Gasteiger partial charge in [-0.2, -0.15) is 0 Å². The van der Waals surface area contributed by atoms with Gasteiger partial charge in [0.25, 0.3) is 0 Å². The lowest BCUT2D eigenvalue weighted by Gasteiger charge is -2.37. The Balaban J connectivity index is 1.47. The molecule has 0 aromatic heterocycles. The summed E-state index contributed by atoms with van der Waals surface area (Å²) in [6.45, 7) is 9.54. The van der Waals surface area contributed by atoms with Crippen LogP contribution >= 0.6 is 0 Å². The van der Waals surface area contributed by atoms with Crippen LogP contribution in [0.5, 0.6) is 0 Å². The average molecular weight is 329 g/mol. The van der Waals surface area contributed by atoms with Crippen LogP contribution in [-0.2, 0) is 17.8 Å². The molecule has 1 unspecified atom stereocenters. The van der Waals surface area contributed by atoms with Crippen molar-refractivity contribution in [1.82, 2.24) is 9.80 Å². The summed E-state index contributed by atoms with van der Waals surface area (Å²) >= 11 is 0. The number of carbonyl (C=O) groups is 1. The summed E-state index contributed by atoms with van der Waals surface area (Å²) in [5.41, 5.74) is 2.79. The van der Waals surface area contributed by atoms with Gasteiger partial charge < -0.3 is 4.90 Å². The highest BCUT2D eigenvalue weighted by atomic mass is 16.2. The van der Waals surface area contributed by atoms with Gasteiger partial charge in [-0.1, -0.05) is 38.1 Å². The fourth-order valence-electron chi connectivity index (χ4n) is 4.12. The second-order valence-corrected chi connectivity index (χ2v) is 7.75. The van der Waals surface area contributed by atoms with E-state index in [-0.39, 0.29) is 5.92 Å². The predicted octanol–water partition coefficient (Wildman–Crippen LogP) is 3.72. The second kappa shape index (κ2) is 8.15. The number of hydrogen-bond donors (Lipinski definition) is 0. The molecule has 2 heterocycles. The van der Waals surface area contributed by atoms with Gasteiger partial charge in [-0.05, 0) is 62.2 Å². The normalized spacial score (nSPS) is 23.4. The number of benzene rings is 1. The van der Waals surface area contributed by atoms with Gasteiger partial charge in [0, 0.05) is 25.6 Å². The monoisotopic (exact) mass is 328 g/mol. The Labute approximate surface area is 147 Å². The minimum absolute atomic E-state index is 0.258. The molecule has 0 radical (unpaired) electrons. The zero-order chi connectivity index (χ0) is 16.9. The first-order chi connectivity index (χ1) is 11.7. The lowest BCUT2D eigenvalue weighted by molar-refractivity contribution is -0.138. The quantitative estimate of drug-likeness (QED) is 0.841. The molecule has 3 heteroatoms. The molecule has 1 amide bonds.